The number of hydrogen-bond acceptors (Lipinski definition) is 7. The first-order valence-electron chi connectivity index (χ1n) is 9.91. The molecule has 4 rings (SSSR count). The highest BCUT2D eigenvalue weighted by Crippen LogP contribution is 2.21. The van der Waals surface area contributed by atoms with Crippen molar-refractivity contribution in [3.05, 3.63) is 80.9 Å². The van der Waals surface area contributed by atoms with Gasteiger partial charge in [0.05, 0.1) is 17.7 Å². The second-order valence-electron chi connectivity index (χ2n) is 7.52. The molecule has 4 heterocycles. The van der Waals surface area contributed by atoms with Gasteiger partial charge in [-0.1, -0.05) is 6.07 Å². The van der Waals surface area contributed by atoms with Crippen molar-refractivity contribution < 1.29 is 9.21 Å². The number of nitrogens with zero attached hydrogens (tertiary/aromatic N) is 4. The number of carbonyl (C=O) groups excluding carboxylic acids is 1. The SMILES string of the molecule is CC(C)(C(=O)NCCn1nc(-c2cccs2)ccc1=O)n1nc(-c2ccco2)ccc1=O. The lowest BCUT2D eigenvalue weighted by Gasteiger charge is -2.25. The van der Waals surface area contributed by atoms with Crippen LogP contribution in [0.2, 0.25) is 0 Å². The zero-order chi connectivity index (χ0) is 22.7. The highest BCUT2D eigenvalue weighted by molar-refractivity contribution is 7.13. The fourth-order valence-electron chi connectivity index (χ4n) is 3.12. The largest absolute Gasteiger partial charge is 0.463 e. The molecule has 0 aliphatic rings. The molecular formula is C22H21N5O4S. The standard InChI is InChI=1S/C22H21N5O4S/c1-22(2,27-20(29)10-7-15(25-27)17-5-3-13-31-17)21(30)23-11-12-26-19(28)9-8-16(24-26)18-6-4-14-32-18/h3-10,13-14H,11-12H2,1-2H3,(H,23,30). The number of furan rings is 1. The summed E-state index contributed by atoms with van der Waals surface area (Å²) >= 11 is 1.53. The van der Waals surface area contributed by atoms with Crippen molar-refractivity contribution in [1.29, 1.82) is 0 Å². The predicted molar refractivity (Wildman–Crippen MR) is 120 cm³/mol. The first-order valence-corrected chi connectivity index (χ1v) is 10.8. The quantitative estimate of drug-likeness (QED) is 0.462. The first-order chi connectivity index (χ1) is 15.4. The summed E-state index contributed by atoms with van der Waals surface area (Å²) in [5.74, 6) is 0.0807. The lowest BCUT2D eigenvalue weighted by molar-refractivity contribution is -0.129. The summed E-state index contributed by atoms with van der Waals surface area (Å²) in [7, 11) is 0. The number of thiophene rings is 1. The lowest BCUT2D eigenvalue weighted by Crippen LogP contribution is -2.50. The van der Waals surface area contributed by atoms with Gasteiger partial charge in [0.1, 0.15) is 16.9 Å². The van der Waals surface area contributed by atoms with E-state index in [0.29, 0.717) is 17.1 Å². The molecule has 32 heavy (non-hydrogen) atoms. The van der Waals surface area contributed by atoms with E-state index in [2.05, 4.69) is 15.5 Å². The molecule has 0 bridgehead atoms. The summed E-state index contributed by atoms with van der Waals surface area (Å²) < 4.78 is 7.77. The maximum Gasteiger partial charge on any atom is 0.267 e. The van der Waals surface area contributed by atoms with Crippen LogP contribution in [-0.2, 0) is 16.9 Å². The number of rotatable bonds is 7. The molecule has 4 aromatic rings. The Morgan fingerprint density at radius 1 is 1.03 bits per heavy atom. The lowest BCUT2D eigenvalue weighted by atomic mass is 10.0. The maximum absolute atomic E-state index is 12.9. The third kappa shape index (κ3) is 4.30. The second-order valence-corrected chi connectivity index (χ2v) is 8.47. The molecule has 10 heteroatoms. The average Bonchev–Trinajstić information content (AvgIpc) is 3.49. The van der Waals surface area contributed by atoms with Crippen LogP contribution in [0.4, 0.5) is 0 Å². The third-order valence-electron chi connectivity index (χ3n) is 4.91. The first kappa shape index (κ1) is 21.4. The summed E-state index contributed by atoms with van der Waals surface area (Å²) in [5, 5.41) is 13.4. The van der Waals surface area contributed by atoms with Crippen molar-refractivity contribution in [2.45, 2.75) is 25.9 Å². The molecule has 0 aliphatic carbocycles. The van der Waals surface area contributed by atoms with Crippen LogP contribution in [0.1, 0.15) is 13.8 Å². The number of carbonyl (C=O) groups is 1. The molecule has 0 unspecified atom stereocenters. The number of amides is 1. The smallest absolute Gasteiger partial charge is 0.267 e. The second kappa shape index (κ2) is 8.75. The van der Waals surface area contributed by atoms with Gasteiger partial charge in [-0.25, -0.2) is 9.36 Å². The molecule has 0 atom stereocenters. The summed E-state index contributed by atoms with van der Waals surface area (Å²) in [6, 6.07) is 13.3. The summed E-state index contributed by atoms with van der Waals surface area (Å²) in [6.07, 6.45) is 1.51. The van der Waals surface area contributed by atoms with E-state index < -0.39 is 17.0 Å². The number of aromatic nitrogens is 4. The molecule has 4 aromatic heterocycles. The Bertz CT molecular complexity index is 1340. The Labute approximate surface area is 186 Å². The zero-order valence-corrected chi connectivity index (χ0v) is 18.3. The van der Waals surface area contributed by atoms with Gasteiger partial charge < -0.3 is 9.73 Å². The molecule has 0 fully saturated rings. The molecule has 0 aromatic carbocycles. The Balaban J connectivity index is 1.48. The van der Waals surface area contributed by atoms with Crippen LogP contribution in [0.3, 0.4) is 0 Å². The van der Waals surface area contributed by atoms with E-state index >= 15 is 0 Å². The van der Waals surface area contributed by atoms with Gasteiger partial charge in [-0.15, -0.1) is 11.3 Å². The molecule has 0 saturated heterocycles. The van der Waals surface area contributed by atoms with Gasteiger partial charge in [0, 0.05) is 18.7 Å². The summed E-state index contributed by atoms with van der Waals surface area (Å²) in [6.45, 7) is 3.55. The zero-order valence-electron chi connectivity index (χ0n) is 17.5. The fourth-order valence-corrected chi connectivity index (χ4v) is 3.81. The van der Waals surface area contributed by atoms with E-state index in [1.54, 1.807) is 38.1 Å². The van der Waals surface area contributed by atoms with Crippen molar-refractivity contribution in [3.8, 4) is 22.0 Å². The van der Waals surface area contributed by atoms with Gasteiger partial charge in [0.2, 0.25) is 5.91 Å². The Morgan fingerprint density at radius 3 is 2.53 bits per heavy atom. The van der Waals surface area contributed by atoms with Crippen LogP contribution < -0.4 is 16.4 Å². The Hall–Kier alpha value is -3.79. The molecule has 164 valence electrons. The summed E-state index contributed by atoms with van der Waals surface area (Å²) in [4.78, 5) is 38.4. The minimum atomic E-state index is -1.27. The van der Waals surface area contributed by atoms with Crippen molar-refractivity contribution in [1.82, 2.24) is 24.9 Å². The maximum atomic E-state index is 12.9. The molecule has 0 spiro atoms. The normalized spacial score (nSPS) is 11.4. The Kier molecular flexibility index (Phi) is 5.87. The van der Waals surface area contributed by atoms with E-state index in [9.17, 15) is 14.4 Å². The minimum absolute atomic E-state index is 0.162. The molecule has 0 saturated carbocycles. The van der Waals surface area contributed by atoms with Gasteiger partial charge >= 0.3 is 0 Å². The van der Waals surface area contributed by atoms with E-state index in [-0.39, 0.29) is 18.6 Å². The van der Waals surface area contributed by atoms with Crippen LogP contribution >= 0.6 is 11.3 Å². The molecule has 1 N–H and O–H groups in total. The molecular weight excluding hydrogens is 430 g/mol. The topological polar surface area (TPSA) is 112 Å². The van der Waals surface area contributed by atoms with Crippen molar-refractivity contribution >= 4 is 17.2 Å². The third-order valence-corrected chi connectivity index (χ3v) is 5.80. The van der Waals surface area contributed by atoms with E-state index in [1.165, 1.54) is 34.4 Å². The van der Waals surface area contributed by atoms with Crippen molar-refractivity contribution in [2.75, 3.05) is 6.54 Å². The molecule has 9 nitrogen and oxygen atoms in total. The van der Waals surface area contributed by atoms with Crippen molar-refractivity contribution in [2.24, 2.45) is 0 Å². The number of hydrogen-bond donors (Lipinski definition) is 1. The fraction of sp³-hybridized carbons (Fsp3) is 0.227. The molecule has 0 aliphatic heterocycles. The Morgan fingerprint density at radius 2 is 1.81 bits per heavy atom. The monoisotopic (exact) mass is 451 g/mol. The highest BCUT2D eigenvalue weighted by atomic mass is 32.1. The van der Waals surface area contributed by atoms with Gasteiger partial charge in [-0.05, 0) is 49.6 Å². The minimum Gasteiger partial charge on any atom is -0.463 e. The highest BCUT2D eigenvalue weighted by Gasteiger charge is 2.32. The molecule has 0 radical (unpaired) electrons. The van der Waals surface area contributed by atoms with Crippen LogP contribution in [0.15, 0.2) is 74.2 Å². The van der Waals surface area contributed by atoms with Gasteiger partial charge in [0.25, 0.3) is 11.1 Å². The predicted octanol–water partition coefficient (Wildman–Crippen LogP) is 2.34. The average molecular weight is 452 g/mol. The van der Waals surface area contributed by atoms with E-state index in [0.717, 1.165) is 9.56 Å². The van der Waals surface area contributed by atoms with Gasteiger partial charge in [-0.2, -0.15) is 10.2 Å². The van der Waals surface area contributed by atoms with E-state index in [4.69, 9.17) is 4.42 Å². The van der Waals surface area contributed by atoms with E-state index in [1.807, 2.05) is 17.5 Å². The number of nitrogens with one attached hydrogen (secondary N) is 1. The molecule has 1 amide bonds. The van der Waals surface area contributed by atoms with Gasteiger partial charge in [0.15, 0.2) is 5.76 Å². The summed E-state index contributed by atoms with van der Waals surface area (Å²) in [5.41, 5.74) is -0.810. The van der Waals surface area contributed by atoms with Crippen LogP contribution in [0.25, 0.3) is 22.0 Å². The van der Waals surface area contributed by atoms with Crippen LogP contribution in [-0.4, -0.2) is 32.0 Å². The van der Waals surface area contributed by atoms with Gasteiger partial charge in [-0.3, -0.25) is 14.4 Å². The van der Waals surface area contributed by atoms with Crippen LogP contribution in [0.5, 0.6) is 0 Å². The van der Waals surface area contributed by atoms with Crippen LogP contribution in [0, 0.1) is 0 Å². The van der Waals surface area contributed by atoms with Crippen molar-refractivity contribution in [3.63, 3.8) is 0 Å².